The molecule has 0 amide bonds. The third kappa shape index (κ3) is 1.52. The van der Waals surface area contributed by atoms with E-state index in [-0.39, 0.29) is 5.56 Å². The predicted octanol–water partition coefficient (Wildman–Crippen LogP) is 2.43. The maximum Gasteiger partial charge on any atom is 0.173 e. The number of benzene rings is 1. The highest BCUT2D eigenvalue weighted by Crippen LogP contribution is 2.27. The van der Waals surface area contributed by atoms with Crippen LogP contribution in [0.2, 0.25) is 0 Å². The van der Waals surface area contributed by atoms with Gasteiger partial charge in [-0.1, -0.05) is 6.07 Å². The van der Waals surface area contributed by atoms with E-state index < -0.39 is 5.82 Å². The van der Waals surface area contributed by atoms with Gasteiger partial charge in [-0.2, -0.15) is 0 Å². The van der Waals surface area contributed by atoms with Gasteiger partial charge in [0.25, 0.3) is 0 Å². The van der Waals surface area contributed by atoms with E-state index in [9.17, 15) is 4.39 Å². The maximum atomic E-state index is 13.9. The highest BCUT2D eigenvalue weighted by atomic mass is 19.1. The smallest absolute Gasteiger partial charge is 0.173 e. The molecule has 0 fully saturated rings. The van der Waals surface area contributed by atoms with Crippen LogP contribution in [0.5, 0.6) is 0 Å². The van der Waals surface area contributed by atoms with E-state index in [4.69, 9.17) is 5.73 Å². The Morgan fingerprint density at radius 1 is 1.22 bits per heavy atom. The van der Waals surface area contributed by atoms with Gasteiger partial charge >= 0.3 is 0 Å². The third-order valence-electron chi connectivity index (χ3n) is 2.83. The lowest BCUT2D eigenvalue weighted by molar-refractivity contribution is 0.630. The number of pyridine rings is 1. The molecule has 0 bridgehead atoms. The van der Waals surface area contributed by atoms with Crippen molar-refractivity contribution in [3.8, 4) is 11.4 Å². The molecule has 4 nitrogen and oxygen atoms in total. The average molecular weight is 242 g/mol. The van der Waals surface area contributed by atoms with Crippen molar-refractivity contribution in [3.05, 3.63) is 47.9 Å². The third-order valence-corrected chi connectivity index (χ3v) is 2.83. The molecular formula is C13H11FN4. The summed E-state index contributed by atoms with van der Waals surface area (Å²) in [5.41, 5.74) is 8.20. The molecular weight excluding hydrogens is 231 g/mol. The molecule has 2 N–H and O–H groups in total. The van der Waals surface area contributed by atoms with Gasteiger partial charge in [-0.05, 0) is 36.8 Å². The van der Waals surface area contributed by atoms with E-state index in [1.807, 2.05) is 25.3 Å². The summed E-state index contributed by atoms with van der Waals surface area (Å²) in [4.78, 5) is 0. The van der Waals surface area contributed by atoms with Crippen molar-refractivity contribution >= 4 is 11.3 Å². The summed E-state index contributed by atoms with van der Waals surface area (Å²) in [7, 11) is 0. The van der Waals surface area contributed by atoms with Crippen LogP contribution in [0, 0.1) is 12.7 Å². The molecule has 18 heavy (non-hydrogen) atoms. The summed E-state index contributed by atoms with van der Waals surface area (Å²) in [5.74, 6) is 0.0190. The molecule has 0 aliphatic carbocycles. The van der Waals surface area contributed by atoms with Crippen LogP contribution in [0.4, 0.5) is 10.1 Å². The molecule has 0 unspecified atom stereocenters. The lowest BCUT2D eigenvalue weighted by Crippen LogP contribution is -1.97. The first-order valence-electron chi connectivity index (χ1n) is 5.52. The van der Waals surface area contributed by atoms with Crippen molar-refractivity contribution in [2.24, 2.45) is 0 Å². The van der Waals surface area contributed by atoms with E-state index in [1.165, 1.54) is 6.07 Å². The van der Waals surface area contributed by atoms with Crippen LogP contribution in [-0.4, -0.2) is 14.6 Å². The molecule has 0 saturated carbocycles. The molecule has 0 radical (unpaired) electrons. The Morgan fingerprint density at radius 2 is 2.06 bits per heavy atom. The van der Waals surface area contributed by atoms with Gasteiger partial charge in [-0.3, -0.25) is 4.40 Å². The van der Waals surface area contributed by atoms with E-state index in [0.29, 0.717) is 17.2 Å². The Kier molecular flexibility index (Phi) is 2.26. The van der Waals surface area contributed by atoms with Gasteiger partial charge < -0.3 is 5.73 Å². The highest BCUT2D eigenvalue weighted by Gasteiger charge is 2.15. The fourth-order valence-electron chi connectivity index (χ4n) is 1.94. The Morgan fingerprint density at radius 3 is 2.83 bits per heavy atom. The van der Waals surface area contributed by atoms with Gasteiger partial charge in [0.05, 0.1) is 5.56 Å². The summed E-state index contributed by atoms with van der Waals surface area (Å²) in [6.45, 7) is 1.96. The second-order valence-electron chi connectivity index (χ2n) is 4.16. The lowest BCUT2D eigenvalue weighted by Gasteiger charge is -2.05. The van der Waals surface area contributed by atoms with E-state index in [1.54, 1.807) is 16.5 Å². The summed E-state index contributed by atoms with van der Waals surface area (Å²) in [6.07, 6.45) is 1.81. The number of hydrogen-bond acceptors (Lipinski definition) is 3. The van der Waals surface area contributed by atoms with Crippen molar-refractivity contribution in [3.63, 3.8) is 0 Å². The second-order valence-corrected chi connectivity index (χ2v) is 4.16. The minimum atomic E-state index is -0.398. The molecule has 1 aromatic carbocycles. The van der Waals surface area contributed by atoms with Crippen LogP contribution in [0.15, 0.2) is 36.5 Å². The Bertz CT molecular complexity index is 713. The Hall–Kier alpha value is -2.43. The first kappa shape index (κ1) is 10.7. The number of fused-ring (bicyclic) bond motifs is 1. The molecule has 5 heteroatoms. The van der Waals surface area contributed by atoms with Gasteiger partial charge in [0, 0.05) is 11.9 Å². The summed E-state index contributed by atoms with van der Waals surface area (Å²) in [5, 5.41) is 8.05. The van der Waals surface area contributed by atoms with Gasteiger partial charge in [0.1, 0.15) is 5.82 Å². The van der Waals surface area contributed by atoms with Crippen LogP contribution in [0.1, 0.15) is 5.56 Å². The number of nitrogen functional groups attached to an aromatic ring is 1. The largest absolute Gasteiger partial charge is 0.398 e. The van der Waals surface area contributed by atoms with Gasteiger partial charge in [0.15, 0.2) is 11.5 Å². The standard InChI is InChI=1S/C13H11FN4/c1-8-5-6-18-11(7-8)16-17-13(18)12-9(14)3-2-4-10(12)15/h2-7H,15H2,1H3. The quantitative estimate of drug-likeness (QED) is 0.667. The molecule has 0 aliphatic heterocycles. The van der Waals surface area contributed by atoms with Gasteiger partial charge in [-0.15, -0.1) is 10.2 Å². The monoisotopic (exact) mass is 242 g/mol. The first-order valence-corrected chi connectivity index (χ1v) is 5.52. The number of halogens is 1. The topological polar surface area (TPSA) is 56.2 Å². The van der Waals surface area contributed by atoms with E-state index >= 15 is 0 Å². The summed E-state index contributed by atoms with van der Waals surface area (Å²) in [6, 6.07) is 8.38. The molecule has 0 atom stereocenters. The number of aromatic nitrogens is 3. The number of nitrogens with zero attached hydrogens (tertiary/aromatic N) is 3. The first-order chi connectivity index (χ1) is 8.66. The van der Waals surface area contributed by atoms with Crippen molar-refractivity contribution in [1.29, 1.82) is 0 Å². The Labute approximate surface area is 103 Å². The van der Waals surface area contributed by atoms with Crippen LogP contribution in [0.25, 0.3) is 17.0 Å². The number of rotatable bonds is 1. The van der Waals surface area contributed by atoms with Gasteiger partial charge in [0.2, 0.25) is 0 Å². The lowest BCUT2D eigenvalue weighted by atomic mass is 10.1. The fraction of sp³-hybridized carbons (Fsp3) is 0.0769. The van der Waals surface area contributed by atoms with Crippen molar-refractivity contribution < 1.29 is 4.39 Å². The SMILES string of the molecule is Cc1ccn2c(-c3c(N)cccc3F)nnc2c1. The highest BCUT2D eigenvalue weighted by molar-refractivity contribution is 5.73. The molecule has 3 aromatic rings. The maximum absolute atomic E-state index is 13.9. The molecule has 90 valence electrons. The van der Waals surface area contributed by atoms with Crippen molar-refractivity contribution in [2.75, 3.05) is 5.73 Å². The molecule has 2 aromatic heterocycles. The zero-order valence-electron chi connectivity index (χ0n) is 9.76. The molecule has 0 spiro atoms. The van der Waals surface area contributed by atoms with Gasteiger partial charge in [-0.25, -0.2) is 4.39 Å². The number of anilines is 1. The van der Waals surface area contributed by atoms with Crippen LogP contribution in [-0.2, 0) is 0 Å². The van der Waals surface area contributed by atoms with Crippen LogP contribution >= 0.6 is 0 Å². The fourth-order valence-corrected chi connectivity index (χ4v) is 1.94. The van der Waals surface area contributed by atoms with E-state index in [0.717, 1.165) is 5.56 Å². The van der Waals surface area contributed by atoms with Crippen LogP contribution in [0.3, 0.4) is 0 Å². The van der Waals surface area contributed by atoms with Crippen LogP contribution < -0.4 is 5.73 Å². The number of hydrogen-bond donors (Lipinski definition) is 1. The molecule has 0 saturated heterocycles. The molecule has 0 aliphatic rings. The summed E-state index contributed by atoms with van der Waals surface area (Å²) < 4.78 is 15.6. The summed E-state index contributed by atoms with van der Waals surface area (Å²) >= 11 is 0. The van der Waals surface area contributed by atoms with Crippen molar-refractivity contribution in [1.82, 2.24) is 14.6 Å². The predicted molar refractivity (Wildman–Crippen MR) is 67.5 cm³/mol. The minimum Gasteiger partial charge on any atom is -0.398 e. The zero-order chi connectivity index (χ0) is 12.7. The zero-order valence-corrected chi connectivity index (χ0v) is 9.76. The number of nitrogens with two attached hydrogens (primary N) is 1. The average Bonchev–Trinajstić information content (AvgIpc) is 2.72. The van der Waals surface area contributed by atoms with Crippen molar-refractivity contribution in [2.45, 2.75) is 6.92 Å². The molecule has 3 rings (SSSR count). The minimum absolute atomic E-state index is 0.286. The van der Waals surface area contributed by atoms with E-state index in [2.05, 4.69) is 10.2 Å². The number of aryl methyl sites for hydroxylation is 1. The molecule has 2 heterocycles. The Balaban J connectivity index is 2.32. The normalized spacial score (nSPS) is 11.0. The second kappa shape index (κ2) is 3.80.